The number of sulfonamides is 1. The number of nitrogens with zero attached hydrogens (tertiary/aromatic N) is 1. The van der Waals surface area contributed by atoms with Crippen LogP contribution in [-0.4, -0.2) is 33.7 Å². The fourth-order valence-electron chi connectivity index (χ4n) is 3.85. The zero-order valence-electron chi connectivity index (χ0n) is 19.8. The average molecular weight is 465 g/mol. The van der Waals surface area contributed by atoms with Crippen LogP contribution in [0.2, 0.25) is 0 Å². The fraction of sp³-hybridized carbons (Fsp3) is 0.458. The Morgan fingerprint density at radius 3 is 2.19 bits per heavy atom. The molecule has 0 unspecified atom stereocenters. The minimum atomic E-state index is -3.79. The van der Waals surface area contributed by atoms with Crippen molar-refractivity contribution in [2.24, 2.45) is 0 Å². The Balaban J connectivity index is 2.38. The summed E-state index contributed by atoms with van der Waals surface area (Å²) in [7, 11) is -2.16. The molecule has 0 saturated carbocycles. The Bertz CT molecular complexity index is 1050. The molecular weight excluding hydrogens is 431 g/mol. The van der Waals surface area contributed by atoms with Gasteiger partial charge in [0, 0.05) is 0 Å². The lowest BCUT2D eigenvalue weighted by molar-refractivity contribution is -0.122. The molecular formula is C24H33FN2O4S. The Kier molecular flexibility index (Phi) is 8.29. The van der Waals surface area contributed by atoms with Gasteiger partial charge in [-0.05, 0) is 79.3 Å². The number of aryl methyl sites for hydroxylation is 1. The first-order valence-corrected chi connectivity index (χ1v) is 12.5. The van der Waals surface area contributed by atoms with E-state index >= 15 is 0 Å². The van der Waals surface area contributed by atoms with Gasteiger partial charge in [-0.15, -0.1) is 0 Å². The summed E-state index contributed by atoms with van der Waals surface area (Å²) in [6.07, 6.45) is 1.29. The highest BCUT2D eigenvalue weighted by Gasteiger charge is 2.32. The van der Waals surface area contributed by atoms with Gasteiger partial charge in [-0.2, -0.15) is 0 Å². The van der Waals surface area contributed by atoms with Crippen LogP contribution >= 0.6 is 0 Å². The summed E-state index contributed by atoms with van der Waals surface area (Å²) in [4.78, 5) is 13.2. The molecule has 0 aliphatic rings. The van der Waals surface area contributed by atoms with Crippen molar-refractivity contribution in [3.63, 3.8) is 0 Å². The zero-order chi connectivity index (χ0) is 24.2. The van der Waals surface area contributed by atoms with Gasteiger partial charge < -0.3 is 10.1 Å². The number of methoxy groups -OCH3 is 1. The van der Waals surface area contributed by atoms with E-state index in [1.165, 1.54) is 24.3 Å². The molecule has 1 amide bonds. The summed E-state index contributed by atoms with van der Waals surface area (Å²) in [6.45, 7) is 9.70. The summed E-state index contributed by atoms with van der Waals surface area (Å²) in [6, 6.07) is 7.72. The predicted molar refractivity (Wildman–Crippen MR) is 126 cm³/mol. The molecule has 2 rings (SSSR count). The molecule has 6 nitrogen and oxygen atoms in total. The quantitative estimate of drug-likeness (QED) is 0.584. The highest BCUT2D eigenvalue weighted by Crippen LogP contribution is 2.32. The van der Waals surface area contributed by atoms with Crippen molar-refractivity contribution in [3.8, 4) is 5.75 Å². The number of amides is 1. The zero-order valence-corrected chi connectivity index (χ0v) is 20.6. The van der Waals surface area contributed by atoms with Gasteiger partial charge in [-0.3, -0.25) is 9.10 Å². The number of benzene rings is 2. The second-order valence-electron chi connectivity index (χ2n) is 8.30. The van der Waals surface area contributed by atoms with E-state index in [1.807, 2.05) is 26.0 Å². The lowest BCUT2D eigenvalue weighted by atomic mass is 9.93. The van der Waals surface area contributed by atoms with Gasteiger partial charge in [0.05, 0.1) is 25.1 Å². The van der Waals surface area contributed by atoms with Gasteiger partial charge in [0.15, 0.2) is 0 Å². The van der Waals surface area contributed by atoms with Crippen LogP contribution in [0.15, 0.2) is 36.4 Å². The van der Waals surface area contributed by atoms with Gasteiger partial charge in [0.2, 0.25) is 15.9 Å². The van der Waals surface area contributed by atoms with Gasteiger partial charge in [-0.25, -0.2) is 12.8 Å². The number of hydrogen-bond acceptors (Lipinski definition) is 4. The van der Waals surface area contributed by atoms with Crippen LogP contribution in [0.5, 0.6) is 5.75 Å². The summed E-state index contributed by atoms with van der Waals surface area (Å²) in [5.41, 5.74) is 3.17. The maximum atomic E-state index is 13.4. The Labute approximate surface area is 190 Å². The first kappa shape index (κ1) is 25.6. The third kappa shape index (κ3) is 5.79. The molecule has 2 aromatic rings. The average Bonchev–Trinajstić information content (AvgIpc) is 2.71. The molecule has 8 heteroatoms. The van der Waals surface area contributed by atoms with Gasteiger partial charge in [0.1, 0.15) is 17.6 Å². The maximum absolute atomic E-state index is 13.4. The first-order valence-electron chi connectivity index (χ1n) is 10.6. The first-order chi connectivity index (χ1) is 14.9. The molecule has 2 aromatic carbocycles. The molecule has 2 atom stereocenters. The topological polar surface area (TPSA) is 75.7 Å². The summed E-state index contributed by atoms with van der Waals surface area (Å²) in [5, 5.41) is 2.97. The molecule has 0 spiro atoms. The van der Waals surface area contributed by atoms with Crippen LogP contribution in [0, 0.1) is 12.7 Å². The van der Waals surface area contributed by atoms with Gasteiger partial charge in [-0.1, -0.05) is 20.8 Å². The Hall–Kier alpha value is -2.61. The monoisotopic (exact) mass is 464 g/mol. The van der Waals surface area contributed by atoms with E-state index in [0.29, 0.717) is 0 Å². The molecule has 0 aliphatic heterocycles. The number of nitrogens with one attached hydrogen (secondary N) is 1. The smallest absolute Gasteiger partial charge is 0.244 e. The molecule has 176 valence electrons. The predicted octanol–water partition coefficient (Wildman–Crippen LogP) is 4.69. The molecule has 0 saturated heterocycles. The van der Waals surface area contributed by atoms with Crippen molar-refractivity contribution in [3.05, 3.63) is 58.9 Å². The second-order valence-corrected chi connectivity index (χ2v) is 10.2. The van der Waals surface area contributed by atoms with Crippen molar-refractivity contribution >= 4 is 21.6 Å². The molecule has 32 heavy (non-hydrogen) atoms. The minimum absolute atomic E-state index is 0.231. The second kappa shape index (κ2) is 10.3. The number of hydrogen-bond donors (Lipinski definition) is 1. The minimum Gasteiger partial charge on any atom is -0.496 e. The van der Waals surface area contributed by atoms with Crippen molar-refractivity contribution in [1.29, 1.82) is 0 Å². The number of rotatable bonds is 9. The van der Waals surface area contributed by atoms with E-state index in [2.05, 4.69) is 19.2 Å². The van der Waals surface area contributed by atoms with Crippen LogP contribution in [-0.2, 0) is 14.8 Å². The van der Waals surface area contributed by atoms with E-state index in [9.17, 15) is 17.6 Å². The number of carbonyl (C=O) groups is 1. The van der Waals surface area contributed by atoms with E-state index in [-0.39, 0.29) is 24.1 Å². The lowest BCUT2D eigenvalue weighted by Crippen LogP contribution is -2.49. The van der Waals surface area contributed by atoms with Gasteiger partial charge >= 0.3 is 0 Å². The molecule has 0 aliphatic carbocycles. The van der Waals surface area contributed by atoms with E-state index in [4.69, 9.17) is 4.74 Å². The van der Waals surface area contributed by atoms with Crippen molar-refractivity contribution < 1.29 is 22.3 Å². The number of carbonyl (C=O) groups excluding carboxylic acids is 1. The highest BCUT2D eigenvalue weighted by atomic mass is 32.2. The Morgan fingerprint density at radius 2 is 1.72 bits per heavy atom. The van der Waals surface area contributed by atoms with E-state index in [1.54, 1.807) is 14.0 Å². The summed E-state index contributed by atoms with van der Waals surface area (Å²) < 4.78 is 45.0. The van der Waals surface area contributed by atoms with Crippen molar-refractivity contribution in [1.82, 2.24) is 5.32 Å². The largest absolute Gasteiger partial charge is 0.496 e. The van der Waals surface area contributed by atoms with E-state index < -0.39 is 27.8 Å². The maximum Gasteiger partial charge on any atom is 0.244 e. The molecule has 1 N–H and O–H groups in total. The van der Waals surface area contributed by atoms with Crippen LogP contribution in [0.25, 0.3) is 0 Å². The SMILES string of the molecule is CC[C@H](C(=O)N[C@@H](C)c1cc(C(C)C)c(OC)cc1C)N(c1ccc(F)cc1)S(C)(=O)=O. The summed E-state index contributed by atoms with van der Waals surface area (Å²) in [5.74, 6) is 0.126. The molecule has 0 heterocycles. The number of anilines is 1. The standard InChI is InChI=1S/C24H33FN2O4S/c1-8-22(27(32(7,29)30)19-11-9-18(25)10-12-19)24(28)26-17(5)21-14-20(15(2)3)23(31-6)13-16(21)4/h9-15,17,22H,8H2,1-7H3,(H,26,28)/t17-,22+/m0/s1. The van der Waals surface area contributed by atoms with Crippen LogP contribution in [0.3, 0.4) is 0 Å². The number of ether oxygens (including phenoxy) is 1. The lowest BCUT2D eigenvalue weighted by Gasteiger charge is -2.31. The third-order valence-electron chi connectivity index (χ3n) is 5.48. The Morgan fingerprint density at radius 1 is 1.12 bits per heavy atom. The van der Waals surface area contributed by atoms with Crippen LogP contribution in [0.1, 0.15) is 62.8 Å². The fourth-order valence-corrected chi connectivity index (χ4v) is 5.06. The highest BCUT2D eigenvalue weighted by molar-refractivity contribution is 7.92. The van der Waals surface area contributed by atoms with Crippen LogP contribution < -0.4 is 14.4 Å². The molecule has 0 aromatic heterocycles. The van der Waals surface area contributed by atoms with Crippen LogP contribution in [0.4, 0.5) is 10.1 Å². The summed E-state index contributed by atoms with van der Waals surface area (Å²) >= 11 is 0. The molecule has 0 fully saturated rings. The van der Waals surface area contributed by atoms with Crippen molar-refractivity contribution in [2.45, 2.75) is 59.0 Å². The molecule has 0 bridgehead atoms. The number of halogens is 1. The van der Waals surface area contributed by atoms with Gasteiger partial charge in [0.25, 0.3) is 0 Å². The van der Waals surface area contributed by atoms with E-state index in [0.717, 1.165) is 33.0 Å². The molecule has 0 radical (unpaired) electrons. The third-order valence-corrected chi connectivity index (χ3v) is 6.66. The normalized spacial score (nSPS) is 13.5. The van der Waals surface area contributed by atoms with Crippen molar-refractivity contribution in [2.75, 3.05) is 17.7 Å².